The zero-order valence-electron chi connectivity index (χ0n) is 12.3. The fraction of sp³-hybridized carbons (Fsp3) is 0.750. The number of nitrogens with zero attached hydrogens (tertiary/aromatic N) is 3. The normalized spacial score (nSPS) is 23.7. The minimum atomic E-state index is 0.647. The van der Waals surface area contributed by atoms with Gasteiger partial charge in [-0.05, 0) is 38.0 Å². The van der Waals surface area contributed by atoms with E-state index in [1.165, 1.54) is 38.5 Å². The number of hydrogen-bond acceptors (Lipinski definition) is 3. The number of aromatic nitrogens is 2. The Morgan fingerprint density at radius 2 is 2.00 bits per heavy atom. The first-order valence-electron chi connectivity index (χ1n) is 8.07. The molecular formula is C16H24ClN3. The maximum atomic E-state index is 6.32. The van der Waals surface area contributed by atoms with Gasteiger partial charge in [-0.2, -0.15) is 0 Å². The molecule has 1 aliphatic carbocycles. The molecule has 1 aromatic heterocycles. The molecule has 0 N–H and O–H groups in total. The molecule has 2 fully saturated rings. The van der Waals surface area contributed by atoms with Gasteiger partial charge in [0.05, 0.1) is 0 Å². The Morgan fingerprint density at radius 3 is 2.75 bits per heavy atom. The van der Waals surface area contributed by atoms with Crippen molar-refractivity contribution in [2.24, 2.45) is 5.92 Å². The highest BCUT2D eigenvalue weighted by Crippen LogP contribution is 2.39. The van der Waals surface area contributed by atoms with Gasteiger partial charge in [0, 0.05) is 18.2 Å². The summed E-state index contributed by atoms with van der Waals surface area (Å²) >= 11 is 6.32. The van der Waals surface area contributed by atoms with Gasteiger partial charge in [-0.25, -0.2) is 9.97 Å². The molecule has 0 spiro atoms. The topological polar surface area (TPSA) is 29.0 Å². The molecule has 1 saturated carbocycles. The van der Waals surface area contributed by atoms with E-state index in [4.69, 9.17) is 11.6 Å². The van der Waals surface area contributed by atoms with E-state index >= 15 is 0 Å². The number of halogens is 1. The lowest BCUT2D eigenvalue weighted by Crippen LogP contribution is -2.36. The van der Waals surface area contributed by atoms with Crippen LogP contribution in [0.15, 0.2) is 6.33 Å². The number of hydrogen-bond donors (Lipinski definition) is 0. The van der Waals surface area contributed by atoms with Crippen molar-refractivity contribution in [1.29, 1.82) is 0 Å². The third-order valence-corrected chi connectivity index (χ3v) is 5.21. The summed E-state index contributed by atoms with van der Waals surface area (Å²) in [6.07, 6.45) is 11.9. The van der Waals surface area contributed by atoms with Crippen molar-refractivity contribution in [2.45, 2.75) is 64.3 Å². The smallest absolute Gasteiger partial charge is 0.137 e. The van der Waals surface area contributed by atoms with Crippen molar-refractivity contribution in [3.05, 3.63) is 17.0 Å². The van der Waals surface area contributed by atoms with Crippen LogP contribution in [-0.2, 0) is 6.42 Å². The second-order valence-corrected chi connectivity index (χ2v) is 6.52. The maximum absolute atomic E-state index is 6.32. The summed E-state index contributed by atoms with van der Waals surface area (Å²) in [7, 11) is 0. The fourth-order valence-electron chi connectivity index (χ4n) is 3.98. The molecule has 20 heavy (non-hydrogen) atoms. The molecule has 1 aromatic rings. The van der Waals surface area contributed by atoms with Crippen molar-refractivity contribution in [2.75, 3.05) is 11.4 Å². The van der Waals surface area contributed by atoms with Crippen LogP contribution >= 0.6 is 11.6 Å². The molecule has 1 unspecified atom stereocenters. The Hall–Kier alpha value is -0.830. The van der Waals surface area contributed by atoms with Crippen LogP contribution in [0.2, 0.25) is 5.15 Å². The van der Waals surface area contributed by atoms with Gasteiger partial charge >= 0.3 is 0 Å². The highest BCUT2D eigenvalue weighted by molar-refractivity contribution is 6.30. The molecule has 110 valence electrons. The van der Waals surface area contributed by atoms with Crippen molar-refractivity contribution >= 4 is 17.4 Å². The van der Waals surface area contributed by atoms with Crippen molar-refractivity contribution in [1.82, 2.24) is 9.97 Å². The van der Waals surface area contributed by atoms with Crippen molar-refractivity contribution < 1.29 is 0 Å². The highest BCUT2D eigenvalue weighted by Gasteiger charge is 2.35. The van der Waals surface area contributed by atoms with Crippen LogP contribution in [0.3, 0.4) is 0 Å². The zero-order valence-corrected chi connectivity index (χ0v) is 13.1. The van der Waals surface area contributed by atoms with Crippen molar-refractivity contribution in [3.63, 3.8) is 0 Å². The average Bonchev–Trinajstić information content (AvgIpc) is 3.10. The first-order valence-corrected chi connectivity index (χ1v) is 8.45. The van der Waals surface area contributed by atoms with E-state index in [1.807, 2.05) is 0 Å². The van der Waals surface area contributed by atoms with Crippen LogP contribution in [0.25, 0.3) is 0 Å². The maximum Gasteiger partial charge on any atom is 0.137 e. The molecular weight excluding hydrogens is 270 g/mol. The van der Waals surface area contributed by atoms with Gasteiger partial charge in [0.25, 0.3) is 0 Å². The minimum Gasteiger partial charge on any atom is -0.353 e. The number of rotatable bonds is 4. The third kappa shape index (κ3) is 2.65. The van der Waals surface area contributed by atoms with Crippen LogP contribution in [0.4, 0.5) is 5.82 Å². The van der Waals surface area contributed by atoms with Crippen LogP contribution in [0.5, 0.6) is 0 Å². The molecule has 1 atom stereocenters. The van der Waals surface area contributed by atoms with E-state index in [0.29, 0.717) is 11.2 Å². The van der Waals surface area contributed by atoms with E-state index in [2.05, 4.69) is 21.8 Å². The summed E-state index contributed by atoms with van der Waals surface area (Å²) in [5.41, 5.74) is 1.15. The molecule has 2 heterocycles. The Labute approximate surface area is 126 Å². The second kappa shape index (κ2) is 6.30. The van der Waals surface area contributed by atoms with E-state index in [0.717, 1.165) is 36.7 Å². The Kier molecular flexibility index (Phi) is 4.45. The third-order valence-electron chi connectivity index (χ3n) is 4.89. The van der Waals surface area contributed by atoms with E-state index < -0.39 is 0 Å². The quantitative estimate of drug-likeness (QED) is 0.778. The van der Waals surface area contributed by atoms with Gasteiger partial charge in [-0.1, -0.05) is 37.8 Å². The van der Waals surface area contributed by atoms with Gasteiger partial charge in [0.2, 0.25) is 0 Å². The van der Waals surface area contributed by atoms with Crippen LogP contribution < -0.4 is 4.90 Å². The lowest BCUT2D eigenvalue weighted by molar-refractivity contribution is 0.428. The van der Waals surface area contributed by atoms with Gasteiger partial charge in [0.15, 0.2) is 0 Å². The summed E-state index contributed by atoms with van der Waals surface area (Å²) in [6, 6.07) is 0.680. The molecule has 1 saturated heterocycles. The monoisotopic (exact) mass is 293 g/mol. The molecule has 3 rings (SSSR count). The largest absolute Gasteiger partial charge is 0.353 e. The summed E-state index contributed by atoms with van der Waals surface area (Å²) in [4.78, 5) is 11.3. The lowest BCUT2D eigenvalue weighted by atomic mass is 9.95. The summed E-state index contributed by atoms with van der Waals surface area (Å²) < 4.78 is 0. The molecule has 0 amide bonds. The Bertz CT molecular complexity index is 457. The predicted molar refractivity (Wildman–Crippen MR) is 83.4 cm³/mol. The van der Waals surface area contributed by atoms with E-state index in [1.54, 1.807) is 6.33 Å². The Balaban J connectivity index is 1.88. The van der Waals surface area contributed by atoms with Gasteiger partial charge in [-0.15, -0.1) is 0 Å². The first-order chi connectivity index (χ1) is 9.81. The molecule has 2 aliphatic rings. The molecule has 3 nitrogen and oxygen atoms in total. The lowest BCUT2D eigenvalue weighted by Gasteiger charge is -2.31. The van der Waals surface area contributed by atoms with Crippen LogP contribution in [-0.4, -0.2) is 22.6 Å². The molecule has 0 radical (unpaired) electrons. The predicted octanol–water partition coefficient (Wildman–Crippen LogP) is 4.24. The molecule has 4 heteroatoms. The SMILES string of the molecule is CCCc1c(Cl)ncnc1N1CCCC1C1CCCC1. The molecule has 1 aliphatic heterocycles. The number of anilines is 1. The van der Waals surface area contributed by atoms with Gasteiger partial charge < -0.3 is 4.90 Å². The van der Waals surface area contributed by atoms with E-state index in [9.17, 15) is 0 Å². The molecule has 0 aromatic carbocycles. The summed E-state index contributed by atoms with van der Waals surface area (Å²) in [5.74, 6) is 1.97. The van der Waals surface area contributed by atoms with Crippen molar-refractivity contribution in [3.8, 4) is 0 Å². The summed E-state index contributed by atoms with van der Waals surface area (Å²) in [6.45, 7) is 3.32. The second-order valence-electron chi connectivity index (χ2n) is 6.16. The minimum absolute atomic E-state index is 0.647. The molecule has 0 bridgehead atoms. The summed E-state index contributed by atoms with van der Waals surface area (Å²) in [5, 5.41) is 0.647. The first kappa shape index (κ1) is 14.1. The van der Waals surface area contributed by atoms with Crippen LogP contribution in [0.1, 0.15) is 57.4 Å². The average molecular weight is 294 g/mol. The van der Waals surface area contributed by atoms with Gasteiger partial charge in [-0.3, -0.25) is 0 Å². The fourth-order valence-corrected chi connectivity index (χ4v) is 4.21. The highest BCUT2D eigenvalue weighted by atomic mass is 35.5. The zero-order chi connectivity index (χ0) is 13.9. The van der Waals surface area contributed by atoms with Gasteiger partial charge in [0.1, 0.15) is 17.3 Å². The van der Waals surface area contributed by atoms with E-state index in [-0.39, 0.29) is 0 Å². The Morgan fingerprint density at radius 1 is 1.20 bits per heavy atom. The van der Waals surface area contributed by atoms with Crippen LogP contribution in [0, 0.1) is 5.92 Å². The standard InChI is InChI=1S/C16H24ClN3/c1-2-6-13-15(17)18-11-19-16(13)20-10-5-9-14(20)12-7-3-4-8-12/h11-12,14H,2-10H2,1H3.